The van der Waals surface area contributed by atoms with Crippen molar-refractivity contribution in [2.24, 2.45) is 7.05 Å². The summed E-state index contributed by atoms with van der Waals surface area (Å²) in [6, 6.07) is 0. The van der Waals surface area contributed by atoms with Crippen LogP contribution in [0.5, 0.6) is 0 Å². The van der Waals surface area contributed by atoms with E-state index < -0.39 is 24.3 Å². The molecule has 8 heteroatoms. The summed E-state index contributed by atoms with van der Waals surface area (Å²) in [5.74, 6) is -1.71. The number of esters is 2. The van der Waals surface area contributed by atoms with Crippen molar-refractivity contribution in [3.63, 3.8) is 0 Å². The van der Waals surface area contributed by atoms with Gasteiger partial charge in [0, 0.05) is 24.6 Å². The maximum atomic E-state index is 12.4. The molecule has 24 heavy (non-hydrogen) atoms. The zero-order valence-corrected chi connectivity index (χ0v) is 14.0. The van der Waals surface area contributed by atoms with E-state index in [-0.39, 0.29) is 23.3 Å². The van der Waals surface area contributed by atoms with Crippen LogP contribution in [-0.4, -0.2) is 45.7 Å². The standard InChI is InChI=1S/C16H19N3O5/c1-5-23-16(22)14-10(3)18-9(2)13(14)12(20)8-24-15(21)11-6-17-19(4)7-11/h6-7,18H,5,8H2,1-4H3. The van der Waals surface area contributed by atoms with Gasteiger partial charge in [0.25, 0.3) is 0 Å². The number of rotatable bonds is 6. The molecule has 0 aliphatic rings. The summed E-state index contributed by atoms with van der Waals surface area (Å²) < 4.78 is 11.4. The molecule has 0 spiro atoms. The first-order chi connectivity index (χ1) is 11.3. The normalized spacial score (nSPS) is 10.5. The van der Waals surface area contributed by atoms with Crippen molar-refractivity contribution in [3.8, 4) is 0 Å². The fraction of sp³-hybridized carbons (Fsp3) is 0.375. The van der Waals surface area contributed by atoms with Gasteiger partial charge in [-0.25, -0.2) is 9.59 Å². The number of nitrogens with one attached hydrogen (secondary N) is 1. The monoisotopic (exact) mass is 333 g/mol. The van der Waals surface area contributed by atoms with Crippen LogP contribution in [0.25, 0.3) is 0 Å². The number of aromatic nitrogens is 3. The number of Topliss-reactive ketones (excluding diaryl/α,β-unsaturated/α-hetero) is 1. The van der Waals surface area contributed by atoms with E-state index in [0.29, 0.717) is 11.4 Å². The number of hydrogen-bond donors (Lipinski definition) is 1. The van der Waals surface area contributed by atoms with E-state index in [1.54, 1.807) is 27.8 Å². The van der Waals surface area contributed by atoms with Gasteiger partial charge in [-0.2, -0.15) is 5.10 Å². The van der Waals surface area contributed by atoms with Crippen molar-refractivity contribution in [3.05, 3.63) is 40.5 Å². The van der Waals surface area contributed by atoms with Crippen LogP contribution >= 0.6 is 0 Å². The molecular formula is C16H19N3O5. The smallest absolute Gasteiger partial charge is 0.341 e. The summed E-state index contributed by atoms with van der Waals surface area (Å²) in [6.07, 6.45) is 2.84. The Morgan fingerprint density at radius 3 is 2.38 bits per heavy atom. The lowest BCUT2D eigenvalue weighted by atomic mass is 10.1. The van der Waals surface area contributed by atoms with Crippen LogP contribution in [0.1, 0.15) is 49.4 Å². The number of carbonyl (C=O) groups excluding carboxylic acids is 3. The van der Waals surface area contributed by atoms with Crippen LogP contribution < -0.4 is 0 Å². The van der Waals surface area contributed by atoms with Crippen molar-refractivity contribution in [2.75, 3.05) is 13.2 Å². The Balaban J connectivity index is 2.15. The first kappa shape index (κ1) is 17.5. The Labute approximate surface area is 138 Å². The fourth-order valence-corrected chi connectivity index (χ4v) is 2.40. The fourth-order valence-electron chi connectivity index (χ4n) is 2.40. The molecule has 0 atom stereocenters. The Bertz CT molecular complexity index is 788. The second-order valence-corrected chi connectivity index (χ2v) is 5.25. The molecule has 2 aromatic rings. The zero-order chi connectivity index (χ0) is 17.9. The quantitative estimate of drug-likeness (QED) is 0.636. The molecule has 2 aromatic heterocycles. The molecule has 128 valence electrons. The first-order valence-electron chi connectivity index (χ1n) is 7.40. The molecule has 8 nitrogen and oxygen atoms in total. The van der Waals surface area contributed by atoms with E-state index in [9.17, 15) is 14.4 Å². The molecule has 0 amide bonds. The molecule has 0 fully saturated rings. The summed E-state index contributed by atoms with van der Waals surface area (Å²) >= 11 is 0. The number of aryl methyl sites for hydroxylation is 3. The highest BCUT2D eigenvalue weighted by molar-refractivity contribution is 6.09. The van der Waals surface area contributed by atoms with E-state index in [0.717, 1.165) is 0 Å². The molecule has 2 heterocycles. The van der Waals surface area contributed by atoms with E-state index in [1.165, 1.54) is 17.1 Å². The molecule has 0 unspecified atom stereocenters. The van der Waals surface area contributed by atoms with E-state index in [4.69, 9.17) is 9.47 Å². The van der Waals surface area contributed by atoms with Crippen molar-refractivity contribution in [1.82, 2.24) is 14.8 Å². The first-order valence-corrected chi connectivity index (χ1v) is 7.40. The predicted octanol–water partition coefficient (Wildman–Crippen LogP) is 1.58. The lowest BCUT2D eigenvalue weighted by molar-refractivity contribution is 0.0472. The average Bonchev–Trinajstić information content (AvgIpc) is 3.07. The van der Waals surface area contributed by atoms with Gasteiger partial charge in [0.2, 0.25) is 5.78 Å². The van der Waals surface area contributed by atoms with Crippen molar-refractivity contribution < 1.29 is 23.9 Å². The maximum Gasteiger partial charge on any atom is 0.341 e. The second-order valence-electron chi connectivity index (χ2n) is 5.25. The van der Waals surface area contributed by atoms with Crippen molar-refractivity contribution in [2.45, 2.75) is 20.8 Å². The minimum absolute atomic E-state index is 0.178. The second kappa shape index (κ2) is 7.12. The van der Waals surface area contributed by atoms with E-state index in [1.807, 2.05) is 0 Å². The van der Waals surface area contributed by atoms with Crippen LogP contribution in [0.3, 0.4) is 0 Å². The van der Waals surface area contributed by atoms with Gasteiger partial charge in [-0.15, -0.1) is 0 Å². The minimum atomic E-state index is -0.654. The highest BCUT2D eigenvalue weighted by atomic mass is 16.5. The van der Waals surface area contributed by atoms with E-state index in [2.05, 4.69) is 10.1 Å². The zero-order valence-electron chi connectivity index (χ0n) is 14.0. The van der Waals surface area contributed by atoms with Gasteiger partial charge in [-0.3, -0.25) is 9.48 Å². The molecule has 0 radical (unpaired) electrons. The molecule has 1 N–H and O–H groups in total. The molecule has 0 saturated heterocycles. The predicted molar refractivity (Wildman–Crippen MR) is 84.0 cm³/mol. The third-order valence-electron chi connectivity index (χ3n) is 3.41. The van der Waals surface area contributed by atoms with Gasteiger partial charge in [-0.1, -0.05) is 0 Å². The maximum absolute atomic E-state index is 12.4. The number of hydrogen-bond acceptors (Lipinski definition) is 6. The van der Waals surface area contributed by atoms with Gasteiger partial charge in [0.1, 0.15) is 0 Å². The number of ether oxygens (including phenoxy) is 2. The Kier molecular flexibility index (Phi) is 5.18. The van der Waals surface area contributed by atoms with Crippen molar-refractivity contribution >= 4 is 17.7 Å². The van der Waals surface area contributed by atoms with Crippen LogP contribution in [-0.2, 0) is 16.5 Å². The SMILES string of the molecule is CCOC(=O)c1c(C)[nH]c(C)c1C(=O)COC(=O)c1cnn(C)c1. The number of H-pyrrole nitrogens is 1. The Morgan fingerprint density at radius 2 is 1.79 bits per heavy atom. The summed E-state index contributed by atoms with van der Waals surface area (Å²) in [5, 5.41) is 3.86. The highest BCUT2D eigenvalue weighted by Crippen LogP contribution is 2.20. The molecular weight excluding hydrogens is 314 g/mol. The minimum Gasteiger partial charge on any atom is -0.462 e. The van der Waals surface area contributed by atoms with Gasteiger partial charge in [0.15, 0.2) is 6.61 Å². The Morgan fingerprint density at radius 1 is 1.12 bits per heavy atom. The summed E-state index contributed by atoms with van der Waals surface area (Å²) in [5.41, 5.74) is 1.67. The van der Waals surface area contributed by atoms with Gasteiger partial charge in [0.05, 0.1) is 29.5 Å². The molecule has 0 aromatic carbocycles. The third kappa shape index (κ3) is 3.53. The lowest BCUT2D eigenvalue weighted by Crippen LogP contribution is -2.18. The Hall–Kier alpha value is -2.90. The highest BCUT2D eigenvalue weighted by Gasteiger charge is 2.26. The average molecular weight is 333 g/mol. The number of aromatic amines is 1. The number of carbonyl (C=O) groups is 3. The van der Waals surface area contributed by atoms with Gasteiger partial charge in [-0.05, 0) is 20.8 Å². The van der Waals surface area contributed by atoms with Crippen LogP contribution in [0.2, 0.25) is 0 Å². The summed E-state index contributed by atoms with van der Waals surface area (Å²) in [6.45, 7) is 4.76. The van der Waals surface area contributed by atoms with Gasteiger partial charge >= 0.3 is 11.9 Å². The molecule has 0 bridgehead atoms. The van der Waals surface area contributed by atoms with Crippen molar-refractivity contribution in [1.29, 1.82) is 0 Å². The number of nitrogens with zero attached hydrogens (tertiary/aromatic N) is 2. The topological polar surface area (TPSA) is 103 Å². The number of ketones is 1. The molecule has 0 aliphatic carbocycles. The summed E-state index contributed by atoms with van der Waals surface area (Å²) in [4.78, 5) is 39.3. The van der Waals surface area contributed by atoms with Crippen LogP contribution in [0.4, 0.5) is 0 Å². The van der Waals surface area contributed by atoms with E-state index >= 15 is 0 Å². The molecule has 2 rings (SSSR count). The summed E-state index contributed by atoms with van der Waals surface area (Å²) in [7, 11) is 1.67. The van der Waals surface area contributed by atoms with Gasteiger partial charge < -0.3 is 14.5 Å². The largest absolute Gasteiger partial charge is 0.462 e. The van der Waals surface area contributed by atoms with Crippen LogP contribution in [0.15, 0.2) is 12.4 Å². The molecule has 0 saturated carbocycles. The lowest BCUT2D eigenvalue weighted by Gasteiger charge is -2.06. The van der Waals surface area contributed by atoms with Crippen LogP contribution in [0, 0.1) is 13.8 Å². The molecule has 0 aliphatic heterocycles. The third-order valence-corrected chi connectivity index (χ3v) is 3.41.